The first-order valence-electron chi connectivity index (χ1n) is 10.3. The Bertz CT molecular complexity index is 917. The Morgan fingerprint density at radius 1 is 1.03 bits per heavy atom. The van der Waals surface area contributed by atoms with E-state index in [1.54, 1.807) is 12.1 Å². The predicted octanol–water partition coefficient (Wildman–Crippen LogP) is 0.466. The molecule has 0 spiro atoms. The standard InChI is InChI=1S/C23H28N4O4/c24-18(13-15-5-2-1-3-6-15)22(30)26-19(14-16-8-10-17(28)11-9-16)23(31)27-12-4-7-20(27)21(25)29/h1-3,5-6,8-11,18-20,28H,4,7,12-14,24H2,(H2,25,29)(H,26,30)/t18-,19-,20-/m0/s1. The van der Waals surface area contributed by atoms with Crippen LogP contribution in [0.1, 0.15) is 24.0 Å². The summed E-state index contributed by atoms with van der Waals surface area (Å²) in [5, 5.41) is 12.3. The molecule has 8 nitrogen and oxygen atoms in total. The van der Waals surface area contributed by atoms with E-state index in [1.807, 2.05) is 30.3 Å². The third-order valence-corrected chi connectivity index (χ3v) is 5.49. The lowest BCUT2D eigenvalue weighted by Crippen LogP contribution is -2.56. The molecule has 31 heavy (non-hydrogen) atoms. The second-order valence-electron chi connectivity index (χ2n) is 7.82. The Balaban J connectivity index is 1.76. The van der Waals surface area contributed by atoms with E-state index in [-0.39, 0.29) is 18.1 Å². The Labute approximate surface area is 181 Å². The molecule has 2 aromatic rings. The number of nitrogens with one attached hydrogen (secondary N) is 1. The number of likely N-dealkylation sites (tertiary alicyclic amines) is 1. The molecule has 8 heteroatoms. The van der Waals surface area contributed by atoms with Crippen molar-refractivity contribution in [2.24, 2.45) is 11.5 Å². The van der Waals surface area contributed by atoms with Crippen molar-refractivity contribution in [1.29, 1.82) is 0 Å². The average Bonchev–Trinajstić information content (AvgIpc) is 3.25. The van der Waals surface area contributed by atoms with Crippen molar-refractivity contribution in [3.8, 4) is 5.75 Å². The number of rotatable bonds is 8. The summed E-state index contributed by atoms with van der Waals surface area (Å²) in [5.74, 6) is -1.26. The number of nitrogens with zero attached hydrogens (tertiary/aromatic N) is 1. The second-order valence-corrected chi connectivity index (χ2v) is 7.82. The molecule has 0 bridgehead atoms. The quantitative estimate of drug-likeness (QED) is 0.488. The number of phenols is 1. The summed E-state index contributed by atoms with van der Waals surface area (Å²) in [7, 11) is 0. The zero-order chi connectivity index (χ0) is 22.4. The van der Waals surface area contributed by atoms with Gasteiger partial charge in [0.25, 0.3) is 0 Å². The van der Waals surface area contributed by atoms with Gasteiger partial charge in [-0.2, -0.15) is 0 Å². The zero-order valence-corrected chi connectivity index (χ0v) is 17.2. The molecule has 3 amide bonds. The molecule has 1 aliphatic heterocycles. The molecule has 0 radical (unpaired) electrons. The van der Waals surface area contributed by atoms with Gasteiger partial charge in [-0.15, -0.1) is 0 Å². The summed E-state index contributed by atoms with van der Waals surface area (Å²) in [6.07, 6.45) is 1.71. The molecule has 164 valence electrons. The highest BCUT2D eigenvalue weighted by Crippen LogP contribution is 2.20. The van der Waals surface area contributed by atoms with Crippen LogP contribution in [-0.4, -0.2) is 52.4 Å². The monoisotopic (exact) mass is 424 g/mol. The fourth-order valence-electron chi connectivity index (χ4n) is 3.83. The summed E-state index contributed by atoms with van der Waals surface area (Å²) < 4.78 is 0. The maximum atomic E-state index is 13.3. The molecule has 1 aliphatic rings. The van der Waals surface area contributed by atoms with E-state index in [9.17, 15) is 19.5 Å². The van der Waals surface area contributed by atoms with Crippen LogP contribution in [0, 0.1) is 0 Å². The lowest BCUT2D eigenvalue weighted by molar-refractivity contribution is -0.140. The van der Waals surface area contributed by atoms with Gasteiger partial charge in [-0.25, -0.2) is 0 Å². The van der Waals surface area contributed by atoms with Crippen LogP contribution in [0.4, 0.5) is 0 Å². The Kier molecular flexibility index (Phi) is 7.25. The fraction of sp³-hybridized carbons (Fsp3) is 0.348. The minimum absolute atomic E-state index is 0.105. The molecule has 0 aromatic heterocycles. The lowest BCUT2D eigenvalue weighted by atomic mass is 10.0. The van der Waals surface area contributed by atoms with Crippen molar-refractivity contribution in [3.63, 3.8) is 0 Å². The normalized spacial score (nSPS) is 17.7. The molecule has 0 unspecified atom stereocenters. The Morgan fingerprint density at radius 3 is 2.32 bits per heavy atom. The number of amides is 3. The van der Waals surface area contributed by atoms with E-state index in [1.165, 1.54) is 17.0 Å². The number of hydrogen-bond acceptors (Lipinski definition) is 5. The van der Waals surface area contributed by atoms with Crippen LogP contribution in [-0.2, 0) is 27.2 Å². The molecular weight excluding hydrogens is 396 g/mol. The largest absolute Gasteiger partial charge is 0.508 e. The minimum Gasteiger partial charge on any atom is -0.508 e. The van der Waals surface area contributed by atoms with Gasteiger partial charge >= 0.3 is 0 Å². The third-order valence-electron chi connectivity index (χ3n) is 5.49. The van der Waals surface area contributed by atoms with E-state index in [0.29, 0.717) is 25.8 Å². The number of aromatic hydroxyl groups is 1. The maximum Gasteiger partial charge on any atom is 0.246 e. The molecule has 6 N–H and O–H groups in total. The number of nitrogens with two attached hydrogens (primary N) is 2. The van der Waals surface area contributed by atoms with Crippen LogP contribution >= 0.6 is 0 Å². The van der Waals surface area contributed by atoms with Crippen LogP contribution in [0.3, 0.4) is 0 Å². The fourth-order valence-corrected chi connectivity index (χ4v) is 3.83. The van der Waals surface area contributed by atoms with Gasteiger partial charge in [-0.1, -0.05) is 42.5 Å². The van der Waals surface area contributed by atoms with Crippen molar-refractivity contribution in [2.75, 3.05) is 6.54 Å². The van der Waals surface area contributed by atoms with E-state index >= 15 is 0 Å². The molecule has 1 heterocycles. The van der Waals surface area contributed by atoms with Gasteiger partial charge in [0.15, 0.2) is 0 Å². The highest BCUT2D eigenvalue weighted by Gasteiger charge is 2.37. The highest BCUT2D eigenvalue weighted by atomic mass is 16.3. The van der Waals surface area contributed by atoms with Crippen molar-refractivity contribution in [1.82, 2.24) is 10.2 Å². The third kappa shape index (κ3) is 5.82. The molecule has 3 atom stereocenters. The summed E-state index contributed by atoms with van der Waals surface area (Å²) >= 11 is 0. The molecular formula is C23H28N4O4. The molecule has 0 saturated carbocycles. The number of hydrogen-bond donors (Lipinski definition) is 4. The SMILES string of the molecule is NC(=O)[C@@H]1CCCN1C(=O)[C@H](Cc1ccc(O)cc1)NC(=O)[C@@H](N)Cc1ccccc1. The van der Waals surface area contributed by atoms with Gasteiger partial charge in [-0.3, -0.25) is 14.4 Å². The van der Waals surface area contributed by atoms with E-state index in [4.69, 9.17) is 11.5 Å². The zero-order valence-electron chi connectivity index (χ0n) is 17.2. The van der Waals surface area contributed by atoms with Crippen LogP contribution in [0.25, 0.3) is 0 Å². The van der Waals surface area contributed by atoms with Crippen molar-refractivity contribution < 1.29 is 19.5 Å². The summed E-state index contributed by atoms with van der Waals surface area (Å²) in [6.45, 7) is 0.407. The van der Waals surface area contributed by atoms with E-state index in [2.05, 4.69) is 5.32 Å². The highest BCUT2D eigenvalue weighted by molar-refractivity contribution is 5.93. The van der Waals surface area contributed by atoms with E-state index < -0.39 is 29.9 Å². The number of phenolic OH excluding ortho intramolecular Hbond substituents is 1. The first-order valence-corrected chi connectivity index (χ1v) is 10.3. The number of benzene rings is 2. The maximum absolute atomic E-state index is 13.3. The van der Waals surface area contributed by atoms with Gasteiger partial charge in [0.1, 0.15) is 17.8 Å². The van der Waals surface area contributed by atoms with Gasteiger partial charge < -0.3 is 26.8 Å². The van der Waals surface area contributed by atoms with E-state index in [0.717, 1.165) is 11.1 Å². The van der Waals surface area contributed by atoms with Crippen molar-refractivity contribution in [2.45, 2.75) is 43.8 Å². The smallest absolute Gasteiger partial charge is 0.246 e. The summed E-state index contributed by atoms with van der Waals surface area (Å²) in [5.41, 5.74) is 13.2. The first kappa shape index (κ1) is 22.3. The summed E-state index contributed by atoms with van der Waals surface area (Å²) in [4.78, 5) is 39.3. The number of primary amides is 1. The number of carbonyl (C=O) groups excluding carboxylic acids is 3. The van der Waals surface area contributed by atoms with Crippen LogP contribution in [0.15, 0.2) is 54.6 Å². The predicted molar refractivity (Wildman–Crippen MR) is 116 cm³/mol. The van der Waals surface area contributed by atoms with Crippen molar-refractivity contribution >= 4 is 17.7 Å². The summed E-state index contributed by atoms with van der Waals surface area (Å²) in [6, 6.07) is 13.4. The van der Waals surface area contributed by atoms with Crippen molar-refractivity contribution in [3.05, 3.63) is 65.7 Å². The minimum atomic E-state index is -0.904. The van der Waals surface area contributed by atoms with Gasteiger partial charge in [0, 0.05) is 13.0 Å². The molecule has 1 saturated heterocycles. The Morgan fingerprint density at radius 2 is 1.68 bits per heavy atom. The molecule has 2 aromatic carbocycles. The van der Waals surface area contributed by atoms with Crippen LogP contribution in [0.5, 0.6) is 5.75 Å². The molecule has 1 fully saturated rings. The average molecular weight is 425 g/mol. The van der Waals surface area contributed by atoms with Gasteiger partial charge in [-0.05, 0) is 42.5 Å². The molecule has 0 aliphatic carbocycles. The first-order chi connectivity index (χ1) is 14.8. The number of carbonyl (C=O) groups is 3. The van der Waals surface area contributed by atoms with Crippen LogP contribution in [0.2, 0.25) is 0 Å². The van der Waals surface area contributed by atoms with Crippen LogP contribution < -0.4 is 16.8 Å². The second kappa shape index (κ2) is 10.1. The van der Waals surface area contributed by atoms with Gasteiger partial charge in [0.2, 0.25) is 17.7 Å². The Hall–Kier alpha value is -3.39. The van der Waals surface area contributed by atoms with Gasteiger partial charge in [0.05, 0.1) is 6.04 Å². The lowest BCUT2D eigenvalue weighted by Gasteiger charge is -2.28. The topological polar surface area (TPSA) is 139 Å². The molecule has 3 rings (SSSR count).